The molecule has 0 aliphatic carbocycles. The number of imidazole rings is 1. The van der Waals surface area contributed by atoms with Crippen molar-refractivity contribution in [3.05, 3.63) is 30.5 Å². The third-order valence-electron chi connectivity index (χ3n) is 3.55. The molecule has 0 bridgehead atoms. The van der Waals surface area contributed by atoms with Crippen LogP contribution >= 0.6 is 0 Å². The van der Waals surface area contributed by atoms with Crippen molar-refractivity contribution in [2.45, 2.75) is 24.2 Å². The molecule has 1 atom stereocenters. The predicted octanol–water partition coefficient (Wildman–Crippen LogP) is -0.164. The lowest BCUT2D eigenvalue weighted by molar-refractivity contribution is 0.0745. The number of ether oxygens (including phenoxy) is 1. The highest BCUT2D eigenvalue weighted by molar-refractivity contribution is 7.89. The first-order valence-electron chi connectivity index (χ1n) is 6.52. The number of rotatable bonds is 3. The molecule has 0 saturated heterocycles. The standard InChI is InChI=1S/C12H17N5O3S/c1-15-8-12(13-9-15)21(18,19)16-5-10-3-4-14-17(10)7-11(6-16)20-2/h3-4,8-9,11H,5-7H2,1-2H3. The van der Waals surface area contributed by atoms with Crippen molar-refractivity contribution in [3.63, 3.8) is 0 Å². The molecule has 1 aliphatic heterocycles. The van der Waals surface area contributed by atoms with E-state index in [-0.39, 0.29) is 24.2 Å². The zero-order valence-corrected chi connectivity index (χ0v) is 12.7. The summed E-state index contributed by atoms with van der Waals surface area (Å²) in [6.07, 6.45) is 4.39. The van der Waals surface area contributed by atoms with Crippen molar-refractivity contribution in [1.82, 2.24) is 23.6 Å². The van der Waals surface area contributed by atoms with Crippen LogP contribution in [0.4, 0.5) is 0 Å². The van der Waals surface area contributed by atoms with E-state index in [2.05, 4.69) is 10.1 Å². The molecule has 0 N–H and O–H groups in total. The highest BCUT2D eigenvalue weighted by Crippen LogP contribution is 2.20. The van der Waals surface area contributed by atoms with Crippen molar-refractivity contribution < 1.29 is 13.2 Å². The number of hydrogen-bond donors (Lipinski definition) is 0. The Morgan fingerprint density at radius 2 is 2.19 bits per heavy atom. The number of fused-ring (bicyclic) bond motifs is 1. The van der Waals surface area contributed by atoms with Crippen LogP contribution in [0.15, 0.2) is 29.8 Å². The van der Waals surface area contributed by atoms with Gasteiger partial charge in [0.15, 0.2) is 5.03 Å². The maximum Gasteiger partial charge on any atom is 0.262 e. The van der Waals surface area contributed by atoms with Gasteiger partial charge in [0.1, 0.15) is 0 Å². The van der Waals surface area contributed by atoms with Gasteiger partial charge in [-0.3, -0.25) is 4.68 Å². The first-order valence-corrected chi connectivity index (χ1v) is 7.96. The monoisotopic (exact) mass is 311 g/mol. The van der Waals surface area contributed by atoms with Crippen LogP contribution in [0.2, 0.25) is 0 Å². The summed E-state index contributed by atoms with van der Waals surface area (Å²) in [7, 11) is -0.336. The predicted molar refractivity (Wildman–Crippen MR) is 73.8 cm³/mol. The van der Waals surface area contributed by atoms with Crippen molar-refractivity contribution in [3.8, 4) is 0 Å². The minimum atomic E-state index is -3.65. The maximum atomic E-state index is 12.7. The summed E-state index contributed by atoms with van der Waals surface area (Å²) < 4.78 is 35.6. The van der Waals surface area contributed by atoms with Gasteiger partial charge in [0.25, 0.3) is 10.0 Å². The smallest absolute Gasteiger partial charge is 0.262 e. The molecule has 0 saturated carbocycles. The van der Waals surface area contributed by atoms with E-state index in [1.165, 1.54) is 16.8 Å². The van der Waals surface area contributed by atoms with Gasteiger partial charge < -0.3 is 9.30 Å². The summed E-state index contributed by atoms with van der Waals surface area (Å²) in [5, 5.41) is 4.25. The van der Waals surface area contributed by atoms with E-state index in [4.69, 9.17) is 4.74 Å². The first kappa shape index (κ1) is 14.2. The van der Waals surface area contributed by atoms with E-state index in [1.54, 1.807) is 29.6 Å². The average Bonchev–Trinajstić information content (AvgIpc) is 3.03. The zero-order chi connectivity index (χ0) is 15.0. The van der Waals surface area contributed by atoms with Crippen molar-refractivity contribution >= 4 is 10.0 Å². The first-order chi connectivity index (χ1) is 10.0. The SMILES string of the molecule is COC1CN(S(=O)(=O)c2cn(C)cn2)Cc2ccnn2C1. The Morgan fingerprint density at radius 3 is 2.86 bits per heavy atom. The fourth-order valence-corrected chi connectivity index (χ4v) is 3.78. The van der Waals surface area contributed by atoms with E-state index < -0.39 is 10.0 Å². The third kappa shape index (κ3) is 2.59. The van der Waals surface area contributed by atoms with Gasteiger partial charge in [-0.1, -0.05) is 0 Å². The minimum Gasteiger partial charge on any atom is -0.378 e. The molecule has 2 aromatic rings. The van der Waals surface area contributed by atoms with Gasteiger partial charge in [0, 0.05) is 33.1 Å². The Morgan fingerprint density at radius 1 is 1.38 bits per heavy atom. The van der Waals surface area contributed by atoms with E-state index in [9.17, 15) is 8.42 Å². The summed E-state index contributed by atoms with van der Waals surface area (Å²) in [5.41, 5.74) is 0.842. The van der Waals surface area contributed by atoms with Crippen LogP contribution in [0.5, 0.6) is 0 Å². The number of aromatic nitrogens is 4. The molecule has 0 amide bonds. The van der Waals surface area contributed by atoms with E-state index in [1.807, 2.05) is 6.07 Å². The Bertz CT molecular complexity index is 736. The second kappa shape index (κ2) is 5.24. The Kier molecular flexibility index (Phi) is 3.56. The largest absolute Gasteiger partial charge is 0.378 e. The van der Waals surface area contributed by atoms with E-state index in [0.717, 1.165) is 5.69 Å². The van der Waals surface area contributed by atoms with Crippen molar-refractivity contribution in [2.75, 3.05) is 13.7 Å². The summed E-state index contributed by atoms with van der Waals surface area (Å²) in [5.74, 6) is 0. The normalized spacial score (nSPS) is 20.2. The second-order valence-corrected chi connectivity index (χ2v) is 6.92. The summed E-state index contributed by atoms with van der Waals surface area (Å²) in [4.78, 5) is 3.96. The third-order valence-corrected chi connectivity index (χ3v) is 5.24. The summed E-state index contributed by atoms with van der Waals surface area (Å²) >= 11 is 0. The summed E-state index contributed by atoms with van der Waals surface area (Å²) in [6.45, 7) is 1.07. The summed E-state index contributed by atoms with van der Waals surface area (Å²) in [6, 6.07) is 1.82. The van der Waals surface area contributed by atoms with Crippen LogP contribution in [0.3, 0.4) is 0 Å². The molecule has 3 heterocycles. The molecular weight excluding hydrogens is 294 g/mol. The number of sulfonamides is 1. The maximum absolute atomic E-state index is 12.7. The molecule has 0 spiro atoms. The Labute approximate surface area is 123 Å². The van der Waals surface area contributed by atoms with Crippen LogP contribution in [0.25, 0.3) is 0 Å². The Hall–Kier alpha value is -1.71. The van der Waals surface area contributed by atoms with Gasteiger partial charge >= 0.3 is 0 Å². The Balaban J connectivity index is 1.97. The molecule has 8 nitrogen and oxygen atoms in total. The van der Waals surface area contributed by atoms with E-state index >= 15 is 0 Å². The van der Waals surface area contributed by atoms with Gasteiger partial charge in [0.2, 0.25) is 0 Å². The topological polar surface area (TPSA) is 82.2 Å². The second-order valence-electron chi connectivity index (χ2n) is 5.04. The lowest BCUT2D eigenvalue weighted by atomic mass is 10.3. The number of hydrogen-bond acceptors (Lipinski definition) is 5. The molecule has 3 rings (SSSR count). The van der Waals surface area contributed by atoms with Gasteiger partial charge in [-0.25, -0.2) is 13.4 Å². The van der Waals surface area contributed by atoms with E-state index in [0.29, 0.717) is 6.54 Å². The molecule has 21 heavy (non-hydrogen) atoms. The van der Waals surface area contributed by atoms with Crippen LogP contribution in [-0.2, 0) is 34.9 Å². The number of methoxy groups -OCH3 is 1. The molecule has 0 fully saturated rings. The van der Waals surface area contributed by atoms with Crippen molar-refractivity contribution in [2.24, 2.45) is 7.05 Å². The molecule has 0 aromatic carbocycles. The molecule has 9 heteroatoms. The zero-order valence-electron chi connectivity index (χ0n) is 11.9. The molecular formula is C12H17N5O3S. The van der Waals surface area contributed by atoms with Crippen molar-refractivity contribution in [1.29, 1.82) is 0 Å². The molecule has 114 valence electrons. The van der Waals surface area contributed by atoms with Crippen LogP contribution < -0.4 is 0 Å². The average molecular weight is 311 g/mol. The fraction of sp³-hybridized carbons (Fsp3) is 0.500. The quantitative estimate of drug-likeness (QED) is 0.786. The highest BCUT2D eigenvalue weighted by atomic mass is 32.2. The minimum absolute atomic E-state index is 0.0489. The molecule has 2 aromatic heterocycles. The molecule has 0 radical (unpaired) electrons. The van der Waals surface area contributed by atoms with Gasteiger partial charge in [-0.15, -0.1) is 0 Å². The lowest BCUT2D eigenvalue weighted by Gasteiger charge is -2.21. The van der Waals surface area contributed by atoms with Crippen LogP contribution in [0, 0.1) is 0 Å². The number of aryl methyl sites for hydroxylation is 1. The number of nitrogens with zero attached hydrogens (tertiary/aromatic N) is 5. The highest BCUT2D eigenvalue weighted by Gasteiger charge is 2.32. The molecule has 1 aliphatic rings. The van der Waals surface area contributed by atoms with Gasteiger partial charge in [0.05, 0.1) is 31.2 Å². The fourth-order valence-electron chi connectivity index (χ4n) is 2.37. The molecule has 1 unspecified atom stereocenters. The van der Waals surface area contributed by atoms with Gasteiger partial charge in [-0.05, 0) is 6.07 Å². The van der Waals surface area contributed by atoms with Crippen LogP contribution in [-0.4, -0.2) is 51.8 Å². The van der Waals surface area contributed by atoms with Crippen LogP contribution in [0.1, 0.15) is 5.69 Å². The lowest BCUT2D eigenvalue weighted by Crippen LogP contribution is -2.37. The van der Waals surface area contributed by atoms with Gasteiger partial charge in [-0.2, -0.15) is 9.40 Å².